The van der Waals surface area contributed by atoms with Crippen molar-refractivity contribution >= 4 is 5.91 Å². The van der Waals surface area contributed by atoms with Gasteiger partial charge >= 0.3 is 6.18 Å². The molecule has 0 unspecified atom stereocenters. The number of hydrogen-bond acceptors (Lipinski definition) is 2. The van der Waals surface area contributed by atoms with Gasteiger partial charge in [-0.1, -0.05) is 12.1 Å². The predicted octanol–water partition coefficient (Wildman–Crippen LogP) is 3.25. The summed E-state index contributed by atoms with van der Waals surface area (Å²) in [6.07, 6.45) is -2.14. The summed E-state index contributed by atoms with van der Waals surface area (Å²) in [5.74, 6) is -1.56. The molecule has 0 aliphatic heterocycles. The number of aromatic nitrogens is 1. The second-order valence-electron chi connectivity index (χ2n) is 4.24. The first-order valence-corrected chi connectivity index (χ1v) is 5.91. The molecular weight excluding hydrogens is 288 g/mol. The second-order valence-corrected chi connectivity index (χ2v) is 4.24. The Hall–Kier alpha value is -2.44. The van der Waals surface area contributed by atoms with E-state index in [1.54, 1.807) is 0 Å². The Labute approximate surface area is 117 Å². The lowest BCUT2D eigenvalue weighted by atomic mass is 10.1. The van der Waals surface area contributed by atoms with Gasteiger partial charge in [0.1, 0.15) is 5.82 Å². The number of nitrogens with zero attached hydrogens (tertiary/aromatic N) is 1. The Morgan fingerprint density at radius 2 is 1.81 bits per heavy atom. The smallest absolute Gasteiger partial charge is 0.337 e. The van der Waals surface area contributed by atoms with Crippen LogP contribution >= 0.6 is 0 Å². The lowest BCUT2D eigenvalue weighted by molar-refractivity contribution is -0.155. The molecule has 1 amide bonds. The van der Waals surface area contributed by atoms with Crippen LogP contribution in [-0.4, -0.2) is 17.1 Å². The van der Waals surface area contributed by atoms with E-state index < -0.39 is 23.9 Å². The van der Waals surface area contributed by atoms with Gasteiger partial charge in [-0.05, 0) is 29.8 Å². The van der Waals surface area contributed by atoms with Crippen molar-refractivity contribution in [2.75, 3.05) is 0 Å². The maximum absolute atomic E-state index is 13.1. The zero-order valence-corrected chi connectivity index (χ0v) is 10.6. The third kappa shape index (κ3) is 3.77. The molecular formula is C14H10F4N2O. The molecule has 1 aromatic carbocycles. The summed E-state index contributed by atoms with van der Waals surface area (Å²) in [7, 11) is 0. The monoisotopic (exact) mass is 298 g/mol. The van der Waals surface area contributed by atoms with Crippen molar-refractivity contribution in [3.05, 3.63) is 65.7 Å². The number of halogens is 4. The van der Waals surface area contributed by atoms with Crippen LogP contribution in [0.5, 0.6) is 0 Å². The van der Waals surface area contributed by atoms with Crippen molar-refractivity contribution in [2.45, 2.75) is 12.2 Å². The minimum Gasteiger partial charge on any atom is -0.337 e. The molecule has 0 radical (unpaired) electrons. The Bertz CT molecular complexity index is 611. The number of carbonyl (C=O) groups excluding carboxylic acids is 1. The molecule has 0 saturated carbocycles. The molecule has 0 fully saturated rings. The number of carbonyl (C=O) groups is 1. The highest BCUT2D eigenvalue weighted by Gasteiger charge is 2.42. The molecule has 7 heteroatoms. The predicted molar refractivity (Wildman–Crippen MR) is 66.9 cm³/mol. The highest BCUT2D eigenvalue weighted by molar-refractivity contribution is 5.94. The number of pyridine rings is 1. The molecule has 1 aromatic heterocycles. The largest absolute Gasteiger partial charge is 0.412 e. The van der Waals surface area contributed by atoms with Gasteiger partial charge in [0.05, 0.1) is 5.56 Å². The molecule has 2 rings (SSSR count). The minimum atomic E-state index is -4.70. The molecule has 1 heterocycles. The van der Waals surface area contributed by atoms with Crippen LogP contribution < -0.4 is 5.32 Å². The maximum Gasteiger partial charge on any atom is 0.412 e. The van der Waals surface area contributed by atoms with Crippen LogP contribution in [0.15, 0.2) is 48.8 Å². The zero-order chi connectivity index (χ0) is 15.5. The molecule has 21 heavy (non-hydrogen) atoms. The quantitative estimate of drug-likeness (QED) is 0.884. The van der Waals surface area contributed by atoms with Gasteiger partial charge in [-0.2, -0.15) is 13.2 Å². The van der Waals surface area contributed by atoms with Crippen molar-refractivity contribution in [3.63, 3.8) is 0 Å². The molecule has 2 aromatic rings. The van der Waals surface area contributed by atoms with Crippen molar-refractivity contribution in [1.29, 1.82) is 0 Å². The molecule has 0 aliphatic carbocycles. The average Bonchev–Trinajstić information content (AvgIpc) is 2.45. The van der Waals surface area contributed by atoms with Crippen LogP contribution in [0.25, 0.3) is 0 Å². The molecule has 0 spiro atoms. The first kappa shape index (κ1) is 15.0. The van der Waals surface area contributed by atoms with Crippen molar-refractivity contribution in [3.8, 4) is 0 Å². The fourth-order valence-corrected chi connectivity index (χ4v) is 1.72. The second kappa shape index (κ2) is 5.90. The lowest BCUT2D eigenvalue weighted by Crippen LogP contribution is -2.38. The van der Waals surface area contributed by atoms with Gasteiger partial charge < -0.3 is 5.32 Å². The summed E-state index contributed by atoms with van der Waals surface area (Å²) < 4.78 is 52.0. The summed E-state index contributed by atoms with van der Waals surface area (Å²) in [6.45, 7) is 0. The van der Waals surface area contributed by atoms with E-state index in [1.165, 1.54) is 18.3 Å². The first-order chi connectivity index (χ1) is 9.88. The summed E-state index contributed by atoms with van der Waals surface area (Å²) in [6, 6.07) is 4.35. The fourth-order valence-electron chi connectivity index (χ4n) is 1.72. The van der Waals surface area contributed by atoms with E-state index in [2.05, 4.69) is 4.98 Å². The van der Waals surface area contributed by atoms with Crippen LogP contribution in [0, 0.1) is 5.82 Å². The van der Waals surface area contributed by atoms with Crippen LogP contribution in [-0.2, 0) is 0 Å². The summed E-state index contributed by atoms with van der Waals surface area (Å²) in [4.78, 5) is 15.5. The normalized spacial score (nSPS) is 12.8. The number of rotatable bonds is 3. The summed E-state index contributed by atoms with van der Waals surface area (Å²) in [5, 5.41) is 1.88. The third-order valence-electron chi connectivity index (χ3n) is 2.73. The van der Waals surface area contributed by atoms with E-state index in [4.69, 9.17) is 0 Å². The van der Waals surface area contributed by atoms with Crippen LogP contribution in [0.1, 0.15) is 22.0 Å². The van der Waals surface area contributed by atoms with Crippen molar-refractivity contribution in [1.82, 2.24) is 10.3 Å². The molecule has 0 aliphatic rings. The first-order valence-electron chi connectivity index (χ1n) is 5.91. The highest BCUT2D eigenvalue weighted by Crippen LogP contribution is 2.32. The number of amides is 1. The number of nitrogens with one attached hydrogen (secondary N) is 1. The third-order valence-corrected chi connectivity index (χ3v) is 2.73. The zero-order valence-electron chi connectivity index (χ0n) is 10.6. The summed E-state index contributed by atoms with van der Waals surface area (Å²) >= 11 is 0. The minimum absolute atomic E-state index is 0.00821. The molecule has 1 N–H and O–H groups in total. The van der Waals surface area contributed by atoms with E-state index in [1.807, 2.05) is 5.32 Å². The molecule has 0 bridgehead atoms. The van der Waals surface area contributed by atoms with Crippen molar-refractivity contribution < 1.29 is 22.4 Å². The van der Waals surface area contributed by atoms with Gasteiger partial charge in [-0.25, -0.2) is 4.39 Å². The molecule has 1 atom stereocenters. The Kier molecular flexibility index (Phi) is 4.21. The molecule has 110 valence electrons. The van der Waals surface area contributed by atoms with E-state index in [0.717, 1.165) is 30.5 Å². The van der Waals surface area contributed by atoms with E-state index in [-0.39, 0.29) is 11.1 Å². The maximum atomic E-state index is 13.1. The average molecular weight is 298 g/mol. The number of hydrogen-bond donors (Lipinski definition) is 1. The Morgan fingerprint density at radius 1 is 1.14 bits per heavy atom. The van der Waals surface area contributed by atoms with E-state index in [9.17, 15) is 22.4 Å². The highest BCUT2D eigenvalue weighted by atomic mass is 19.4. The topological polar surface area (TPSA) is 42.0 Å². The van der Waals surface area contributed by atoms with Crippen LogP contribution in [0.4, 0.5) is 17.6 Å². The van der Waals surface area contributed by atoms with Gasteiger partial charge in [0.2, 0.25) is 0 Å². The number of benzene rings is 1. The van der Waals surface area contributed by atoms with Crippen molar-refractivity contribution in [2.24, 2.45) is 0 Å². The van der Waals surface area contributed by atoms with Gasteiger partial charge in [0.15, 0.2) is 6.04 Å². The standard InChI is InChI=1S/C14H10F4N2O/c15-11-5-3-9(4-6-11)12(14(16,17)18)20-13(21)10-2-1-7-19-8-10/h1-8,12H,(H,20,21)/t12-/m0/s1. The fraction of sp³-hybridized carbons (Fsp3) is 0.143. The lowest BCUT2D eigenvalue weighted by Gasteiger charge is -2.22. The summed E-state index contributed by atoms with van der Waals surface area (Å²) in [5.41, 5.74) is -0.241. The van der Waals surface area contributed by atoms with Gasteiger partial charge in [0.25, 0.3) is 5.91 Å². The SMILES string of the molecule is O=C(N[C@@H](c1ccc(F)cc1)C(F)(F)F)c1cccnc1. The number of alkyl halides is 3. The van der Waals surface area contributed by atoms with Gasteiger partial charge in [-0.15, -0.1) is 0 Å². The van der Waals surface area contributed by atoms with E-state index >= 15 is 0 Å². The molecule has 0 saturated heterocycles. The Morgan fingerprint density at radius 3 is 2.33 bits per heavy atom. The van der Waals surface area contributed by atoms with E-state index in [0.29, 0.717) is 0 Å². The Balaban J connectivity index is 2.26. The van der Waals surface area contributed by atoms with Crippen LogP contribution in [0.3, 0.4) is 0 Å². The van der Waals surface area contributed by atoms with Gasteiger partial charge in [0, 0.05) is 12.4 Å². The molecule has 3 nitrogen and oxygen atoms in total. The van der Waals surface area contributed by atoms with Gasteiger partial charge in [-0.3, -0.25) is 9.78 Å². The van der Waals surface area contributed by atoms with Crippen LogP contribution in [0.2, 0.25) is 0 Å².